The fourth-order valence-corrected chi connectivity index (χ4v) is 3.48. The van der Waals surface area contributed by atoms with E-state index in [2.05, 4.69) is 49.7 Å². The Bertz CT molecular complexity index is 654. The lowest BCUT2D eigenvalue weighted by molar-refractivity contribution is -0.128. The molecule has 0 aliphatic carbocycles. The molecular weight excluding hydrogens is 477 g/mol. The molecule has 0 atom stereocenters. The Morgan fingerprint density at radius 1 is 1.14 bits per heavy atom. The maximum atomic E-state index is 12.2. The van der Waals surface area contributed by atoms with Crippen LogP contribution in [0.1, 0.15) is 45.6 Å². The fourth-order valence-electron chi connectivity index (χ4n) is 3.48. The zero-order valence-electron chi connectivity index (χ0n) is 18.6. The van der Waals surface area contributed by atoms with Crippen LogP contribution < -0.4 is 15.5 Å². The Morgan fingerprint density at radius 3 is 2.31 bits per heavy atom. The second-order valence-corrected chi connectivity index (χ2v) is 8.21. The summed E-state index contributed by atoms with van der Waals surface area (Å²) in [5.41, 5.74) is 2.06. The van der Waals surface area contributed by atoms with Crippen molar-refractivity contribution in [2.45, 2.75) is 46.6 Å². The summed E-state index contributed by atoms with van der Waals surface area (Å²) in [6, 6.07) is 8.85. The molecule has 1 heterocycles. The molecule has 7 heteroatoms. The van der Waals surface area contributed by atoms with Crippen LogP contribution in [-0.2, 0) is 11.3 Å². The van der Waals surface area contributed by atoms with Crippen LogP contribution in [0.5, 0.6) is 0 Å². The lowest BCUT2D eigenvalue weighted by Crippen LogP contribution is -2.48. The zero-order chi connectivity index (χ0) is 20.6. The minimum atomic E-state index is -0.497. The number of nitrogens with one attached hydrogen (secondary N) is 2. The molecule has 0 radical (unpaired) electrons. The molecule has 0 bridgehead atoms. The van der Waals surface area contributed by atoms with Crippen molar-refractivity contribution in [3.05, 3.63) is 29.8 Å². The highest BCUT2D eigenvalue weighted by atomic mass is 127. The minimum Gasteiger partial charge on any atom is -0.372 e. The second kappa shape index (κ2) is 12.2. The van der Waals surface area contributed by atoms with Crippen molar-refractivity contribution in [3.8, 4) is 0 Å². The van der Waals surface area contributed by atoms with E-state index in [1.54, 1.807) is 7.05 Å². The van der Waals surface area contributed by atoms with Gasteiger partial charge >= 0.3 is 0 Å². The van der Waals surface area contributed by atoms with E-state index in [-0.39, 0.29) is 29.9 Å². The maximum absolute atomic E-state index is 12.2. The number of halogens is 1. The number of amides is 1. The smallest absolute Gasteiger partial charge is 0.227 e. The molecule has 2 rings (SSSR count). The number of rotatable bonds is 7. The van der Waals surface area contributed by atoms with Crippen LogP contribution in [0.25, 0.3) is 0 Å². The average Bonchev–Trinajstić information content (AvgIpc) is 2.70. The number of anilines is 1. The average molecular weight is 515 g/mol. The third-order valence-corrected chi connectivity index (χ3v) is 5.29. The van der Waals surface area contributed by atoms with Gasteiger partial charge in [0.15, 0.2) is 5.96 Å². The summed E-state index contributed by atoms with van der Waals surface area (Å²) in [6.45, 7) is 10.1. The number of benzene rings is 1. The summed E-state index contributed by atoms with van der Waals surface area (Å²) in [5, 5.41) is 6.23. The van der Waals surface area contributed by atoms with Gasteiger partial charge in [-0.3, -0.25) is 9.79 Å². The van der Waals surface area contributed by atoms with E-state index >= 15 is 0 Å². The molecule has 0 spiro atoms. The van der Waals surface area contributed by atoms with Gasteiger partial charge in [-0.1, -0.05) is 12.1 Å². The van der Waals surface area contributed by atoms with Crippen molar-refractivity contribution in [2.24, 2.45) is 10.4 Å². The molecular formula is C22H38IN5O. The lowest BCUT2D eigenvalue weighted by atomic mass is 9.92. The van der Waals surface area contributed by atoms with Crippen LogP contribution in [0.15, 0.2) is 29.3 Å². The van der Waals surface area contributed by atoms with Crippen LogP contribution in [0.3, 0.4) is 0 Å². The summed E-state index contributed by atoms with van der Waals surface area (Å²) in [4.78, 5) is 21.1. The first-order valence-corrected chi connectivity index (χ1v) is 10.4. The second-order valence-electron chi connectivity index (χ2n) is 8.21. The summed E-state index contributed by atoms with van der Waals surface area (Å²) < 4.78 is 0. The molecule has 0 aromatic heterocycles. The van der Waals surface area contributed by atoms with E-state index in [1.165, 1.54) is 30.5 Å². The van der Waals surface area contributed by atoms with Crippen molar-refractivity contribution < 1.29 is 4.79 Å². The van der Waals surface area contributed by atoms with E-state index in [0.717, 1.165) is 25.6 Å². The maximum Gasteiger partial charge on any atom is 0.227 e. The predicted octanol–water partition coefficient (Wildman–Crippen LogP) is 3.46. The summed E-state index contributed by atoms with van der Waals surface area (Å²) >= 11 is 0. The number of piperidine rings is 1. The van der Waals surface area contributed by atoms with Gasteiger partial charge < -0.3 is 20.4 Å². The van der Waals surface area contributed by atoms with E-state index in [1.807, 2.05) is 27.8 Å². The van der Waals surface area contributed by atoms with Crippen molar-refractivity contribution in [2.75, 3.05) is 45.2 Å². The number of carbonyl (C=O) groups is 1. The van der Waals surface area contributed by atoms with Gasteiger partial charge in [0, 0.05) is 52.5 Å². The van der Waals surface area contributed by atoms with Crippen molar-refractivity contribution in [1.29, 1.82) is 0 Å². The topological polar surface area (TPSA) is 60.0 Å². The molecule has 1 aromatic carbocycles. The van der Waals surface area contributed by atoms with Crippen LogP contribution in [0, 0.1) is 5.41 Å². The highest BCUT2D eigenvalue weighted by molar-refractivity contribution is 14.0. The first-order valence-electron chi connectivity index (χ1n) is 10.4. The highest BCUT2D eigenvalue weighted by Gasteiger charge is 2.27. The Hall–Kier alpha value is -1.51. The van der Waals surface area contributed by atoms with Gasteiger partial charge in [0.05, 0.1) is 5.41 Å². The predicted molar refractivity (Wildman–Crippen MR) is 133 cm³/mol. The van der Waals surface area contributed by atoms with Gasteiger partial charge in [-0.2, -0.15) is 0 Å². The van der Waals surface area contributed by atoms with Gasteiger partial charge in [0.25, 0.3) is 0 Å². The Kier molecular flexibility index (Phi) is 10.8. The standard InChI is InChI=1S/C22H37N5O.HI/c1-6-24-20(28)22(2,3)17-25-21(23-4)26(5)16-18-10-12-19(13-11-18)27-14-8-7-9-15-27;/h10-13H,6-9,14-17H2,1-5H3,(H,23,25)(H,24,28);1H. The first-order chi connectivity index (χ1) is 13.4. The minimum absolute atomic E-state index is 0. The van der Waals surface area contributed by atoms with Gasteiger partial charge in [-0.15, -0.1) is 24.0 Å². The van der Waals surface area contributed by atoms with Crippen LogP contribution in [-0.4, -0.2) is 57.0 Å². The van der Waals surface area contributed by atoms with Crippen LogP contribution in [0.4, 0.5) is 5.69 Å². The summed E-state index contributed by atoms with van der Waals surface area (Å²) in [5.74, 6) is 0.839. The quantitative estimate of drug-likeness (QED) is 0.332. The highest BCUT2D eigenvalue weighted by Crippen LogP contribution is 2.20. The van der Waals surface area contributed by atoms with E-state index < -0.39 is 5.41 Å². The number of aliphatic imine (C=N–C) groups is 1. The number of hydrogen-bond acceptors (Lipinski definition) is 3. The van der Waals surface area contributed by atoms with E-state index in [4.69, 9.17) is 0 Å². The molecule has 1 amide bonds. The normalized spacial score (nSPS) is 14.8. The van der Waals surface area contributed by atoms with Crippen LogP contribution >= 0.6 is 24.0 Å². The molecule has 6 nitrogen and oxygen atoms in total. The number of guanidine groups is 1. The fraction of sp³-hybridized carbons (Fsp3) is 0.636. The van der Waals surface area contributed by atoms with Gasteiger partial charge in [0.2, 0.25) is 5.91 Å². The molecule has 164 valence electrons. The molecule has 1 aromatic rings. The molecule has 2 N–H and O–H groups in total. The Morgan fingerprint density at radius 2 is 1.76 bits per heavy atom. The molecule has 1 aliphatic rings. The molecule has 0 saturated carbocycles. The van der Waals surface area contributed by atoms with Gasteiger partial charge in [-0.25, -0.2) is 0 Å². The summed E-state index contributed by atoms with van der Waals surface area (Å²) in [6.07, 6.45) is 3.93. The largest absolute Gasteiger partial charge is 0.372 e. The third kappa shape index (κ3) is 7.68. The molecule has 29 heavy (non-hydrogen) atoms. The molecule has 1 saturated heterocycles. The summed E-state index contributed by atoms with van der Waals surface area (Å²) in [7, 11) is 3.80. The van der Waals surface area contributed by atoms with Gasteiger partial charge in [-0.05, 0) is 57.7 Å². The zero-order valence-corrected chi connectivity index (χ0v) is 21.0. The van der Waals surface area contributed by atoms with Crippen molar-refractivity contribution in [3.63, 3.8) is 0 Å². The Balaban J connectivity index is 0.00000420. The number of hydrogen-bond donors (Lipinski definition) is 2. The molecule has 1 aliphatic heterocycles. The first kappa shape index (κ1) is 25.5. The SMILES string of the molecule is CCNC(=O)C(C)(C)CNC(=NC)N(C)Cc1ccc(N2CCCCC2)cc1.I. The number of carbonyl (C=O) groups excluding carboxylic acids is 1. The van der Waals surface area contributed by atoms with Crippen molar-refractivity contribution >= 4 is 41.5 Å². The molecule has 0 unspecified atom stereocenters. The van der Waals surface area contributed by atoms with E-state index in [0.29, 0.717) is 13.1 Å². The monoisotopic (exact) mass is 515 g/mol. The molecule has 1 fully saturated rings. The van der Waals surface area contributed by atoms with E-state index in [9.17, 15) is 4.79 Å². The van der Waals surface area contributed by atoms with Gasteiger partial charge in [0.1, 0.15) is 0 Å². The third-order valence-electron chi connectivity index (χ3n) is 5.29. The lowest BCUT2D eigenvalue weighted by Gasteiger charge is -2.29. The number of nitrogens with zero attached hydrogens (tertiary/aromatic N) is 3. The Labute approximate surface area is 193 Å². The van der Waals surface area contributed by atoms with Crippen molar-refractivity contribution in [1.82, 2.24) is 15.5 Å². The van der Waals surface area contributed by atoms with Crippen LogP contribution in [0.2, 0.25) is 0 Å².